The van der Waals surface area contributed by atoms with Crippen LogP contribution < -0.4 is 9.47 Å². The normalized spacial score (nSPS) is 12.0. The fourth-order valence-corrected chi connectivity index (χ4v) is 3.26. The maximum atomic E-state index is 13.3. The van der Waals surface area contributed by atoms with Gasteiger partial charge in [-0.3, -0.25) is 4.90 Å². The first-order valence-electron chi connectivity index (χ1n) is 9.68. The molecule has 0 amide bonds. The lowest BCUT2D eigenvalue weighted by Crippen LogP contribution is -2.35. The number of aliphatic hydroxyl groups is 1. The van der Waals surface area contributed by atoms with E-state index in [-0.39, 0.29) is 12.4 Å². The van der Waals surface area contributed by atoms with Gasteiger partial charge < -0.3 is 14.6 Å². The monoisotopic (exact) mass is 429 g/mol. The largest absolute Gasteiger partial charge is 0.497 e. The third kappa shape index (κ3) is 7.02. The molecule has 1 N–H and O–H groups in total. The molecule has 158 valence electrons. The third-order valence-corrected chi connectivity index (χ3v) is 4.84. The molecule has 1 atom stereocenters. The molecule has 0 aliphatic heterocycles. The molecule has 0 radical (unpaired) electrons. The van der Waals surface area contributed by atoms with Crippen molar-refractivity contribution in [1.29, 1.82) is 0 Å². The van der Waals surface area contributed by atoms with Gasteiger partial charge in [0.25, 0.3) is 0 Å². The molecule has 0 aliphatic rings. The van der Waals surface area contributed by atoms with E-state index >= 15 is 0 Å². The van der Waals surface area contributed by atoms with Crippen molar-refractivity contribution in [1.82, 2.24) is 4.90 Å². The summed E-state index contributed by atoms with van der Waals surface area (Å²) >= 11 is 5.88. The molecule has 3 rings (SSSR count). The molecule has 0 saturated heterocycles. The Labute approximate surface area is 181 Å². The molecular weight excluding hydrogens is 405 g/mol. The van der Waals surface area contributed by atoms with Crippen molar-refractivity contribution in [2.45, 2.75) is 19.2 Å². The van der Waals surface area contributed by atoms with Gasteiger partial charge >= 0.3 is 0 Å². The van der Waals surface area contributed by atoms with E-state index in [0.29, 0.717) is 30.4 Å². The van der Waals surface area contributed by atoms with E-state index in [1.165, 1.54) is 12.1 Å². The Bertz CT molecular complexity index is 918. The van der Waals surface area contributed by atoms with Gasteiger partial charge in [-0.1, -0.05) is 35.9 Å². The van der Waals surface area contributed by atoms with Crippen LogP contribution in [0.3, 0.4) is 0 Å². The Kier molecular flexibility index (Phi) is 8.08. The summed E-state index contributed by atoms with van der Waals surface area (Å²) in [5, 5.41) is 11.2. The van der Waals surface area contributed by atoms with E-state index < -0.39 is 6.10 Å². The molecule has 0 fully saturated rings. The topological polar surface area (TPSA) is 41.9 Å². The van der Waals surface area contributed by atoms with Crippen molar-refractivity contribution < 1.29 is 19.0 Å². The number of methoxy groups -OCH3 is 1. The van der Waals surface area contributed by atoms with Crippen molar-refractivity contribution in [2.75, 3.05) is 20.3 Å². The van der Waals surface area contributed by atoms with Gasteiger partial charge in [0.2, 0.25) is 0 Å². The number of benzene rings is 3. The molecule has 30 heavy (non-hydrogen) atoms. The van der Waals surface area contributed by atoms with Crippen molar-refractivity contribution in [2.24, 2.45) is 0 Å². The fraction of sp³-hybridized carbons (Fsp3) is 0.250. The van der Waals surface area contributed by atoms with Gasteiger partial charge in [-0.2, -0.15) is 0 Å². The number of nitrogens with zero attached hydrogens (tertiary/aromatic N) is 1. The van der Waals surface area contributed by atoms with E-state index in [4.69, 9.17) is 21.1 Å². The predicted molar refractivity (Wildman–Crippen MR) is 116 cm³/mol. The number of hydrogen-bond donors (Lipinski definition) is 1. The van der Waals surface area contributed by atoms with E-state index in [0.717, 1.165) is 16.9 Å². The summed E-state index contributed by atoms with van der Waals surface area (Å²) in [4.78, 5) is 2.10. The summed E-state index contributed by atoms with van der Waals surface area (Å²) in [7, 11) is 1.63. The average molecular weight is 430 g/mol. The average Bonchev–Trinajstić information content (AvgIpc) is 2.75. The van der Waals surface area contributed by atoms with Crippen molar-refractivity contribution in [3.63, 3.8) is 0 Å². The molecule has 0 aromatic heterocycles. The zero-order valence-corrected chi connectivity index (χ0v) is 17.6. The van der Waals surface area contributed by atoms with Crippen molar-refractivity contribution in [3.05, 3.63) is 94.8 Å². The van der Waals surface area contributed by atoms with Gasteiger partial charge in [0.15, 0.2) is 0 Å². The van der Waals surface area contributed by atoms with Crippen LogP contribution in [0.2, 0.25) is 5.02 Å². The highest BCUT2D eigenvalue weighted by atomic mass is 35.5. The number of ether oxygens (including phenoxy) is 2. The van der Waals surface area contributed by atoms with Crippen LogP contribution in [-0.4, -0.2) is 36.4 Å². The lowest BCUT2D eigenvalue weighted by molar-refractivity contribution is 0.0628. The fourth-order valence-electron chi connectivity index (χ4n) is 3.14. The van der Waals surface area contributed by atoms with Crippen LogP contribution in [0.1, 0.15) is 11.1 Å². The Morgan fingerprint density at radius 2 is 1.63 bits per heavy atom. The van der Waals surface area contributed by atoms with Crippen LogP contribution in [0.15, 0.2) is 72.8 Å². The van der Waals surface area contributed by atoms with E-state index in [2.05, 4.69) is 4.90 Å². The summed E-state index contributed by atoms with van der Waals surface area (Å²) in [6.07, 6.45) is -0.702. The second kappa shape index (κ2) is 11.0. The van der Waals surface area contributed by atoms with Crippen molar-refractivity contribution in [3.8, 4) is 11.5 Å². The Balaban J connectivity index is 1.65. The van der Waals surface area contributed by atoms with Crippen LogP contribution in [0, 0.1) is 5.82 Å². The van der Waals surface area contributed by atoms with Gasteiger partial charge in [0, 0.05) is 24.7 Å². The van der Waals surface area contributed by atoms with Gasteiger partial charge in [-0.25, -0.2) is 4.39 Å². The summed E-state index contributed by atoms with van der Waals surface area (Å²) in [6.45, 7) is 1.71. The minimum absolute atomic E-state index is 0.152. The Morgan fingerprint density at radius 3 is 2.33 bits per heavy atom. The molecule has 0 saturated carbocycles. The number of hydrogen-bond acceptors (Lipinski definition) is 4. The minimum Gasteiger partial charge on any atom is -0.497 e. The highest BCUT2D eigenvalue weighted by Gasteiger charge is 2.15. The number of aliphatic hydroxyl groups excluding tert-OH is 1. The van der Waals surface area contributed by atoms with Crippen LogP contribution in [0.25, 0.3) is 0 Å². The summed E-state index contributed by atoms with van der Waals surface area (Å²) in [5.41, 5.74) is 2.02. The molecule has 3 aromatic rings. The van der Waals surface area contributed by atoms with Crippen LogP contribution in [-0.2, 0) is 13.1 Å². The summed E-state index contributed by atoms with van der Waals surface area (Å²) in [6, 6.07) is 21.2. The summed E-state index contributed by atoms with van der Waals surface area (Å²) in [5.74, 6) is 1.16. The second-order valence-corrected chi connectivity index (χ2v) is 7.50. The zero-order valence-electron chi connectivity index (χ0n) is 16.8. The van der Waals surface area contributed by atoms with E-state index in [9.17, 15) is 9.50 Å². The van der Waals surface area contributed by atoms with Crippen molar-refractivity contribution >= 4 is 11.6 Å². The van der Waals surface area contributed by atoms with Crippen LogP contribution >= 0.6 is 11.6 Å². The molecule has 4 nitrogen and oxygen atoms in total. The number of rotatable bonds is 10. The quantitative estimate of drug-likeness (QED) is 0.496. The second-order valence-electron chi connectivity index (χ2n) is 7.07. The standard InChI is InChI=1S/C24H25ClFNO3/c1-29-24-4-2-3-19(13-24)15-27(14-18-5-9-21(26)10-6-18)16-22(28)17-30-23-11-7-20(25)8-12-23/h2-13,22,28H,14-17H2,1H3/t22-/m1/s1. The van der Waals surface area contributed by atoms with Gasteiger partial charge in [-0.05, 0) is 59.7 Å². The maximum Gasteiger partial charge on any atom is 0.123 e. The molecule has 6 heteroatoms. The van der Waals surface area contributed by atoms with E-state index in [1.54, 1.807) is 43.5 Å². The first-order valence-corrected chi connectivity index (χ1v) is 10.1. The zero-order chi connectivity index (χ0) is 21.3. The Hall–Kier alpha value is -2.60. The Morgan fingerprint density at radius 1 is 0.933 bits per heavy atom. The lowest BCUT2D eigenvalue weighted by atomic mass is 10.1. The highest BCUT2D eigenvalue weighted by molar-refractivity contribution is 6.30. The molecular formula is C24H25ClFNO3. The molecule has 3 aromatic carbocycles. The van der Waals surface area contributed by atoms with Gasteiger partial charge in [0.05, 0.1) is 7.11 Å². The lowest BCUT2D eigenvalue weighted by Gasteiger charge is -2.25. The minimum atomic E-state index is -0.702. The highest BCUT2D eigenvalue weighted by Crippen LogP contribution is 2.18. The molecule has 0 spiro atoms. The molecule has 0 unspecified atom stereocenters. The van der Waals surface area contributed by atoms with Crippen LogP contribution in [0.5, 0.6) is 11.5 Å². The smallest absolute Gasteiger partial charge is 0.123 e. The third-order valence-electron chi connectivity index (χ3n) is 4.58. The maximum absolute atomic E-state index is 13.3. The first-order chi connectivity index (χ1) is 14.5. The predicted octanol–water partition coefficient (Wildman–Crippen LogP) is 4.93. The first kappa shape index (κ1) is 22.1. The van der Waals surface area contributed by atoms with E-state index in [1.807, 2.05) is 24.3 Å². The molecule has 0 aliphatic carbocycles. The molecule has 0 heterocycles. The molecule has 0 bridgehead atoms. The van der Waals surface area contributed by atoms with Gasteiger partial charge in [0.1, 0.15) is 30.0 Å². The van der Waals surface area contributed by atoms with Crippen LogP contribution in [0.4, 0.5) is 4.39 Å². The summed E-state index contributed by atoms with van der Waals surface area (Å²) < 4.78 is 24.2. The SMILES string of the molecule is COc1cccc(CN(Cc2ccc(F)cc2)C[C@@H](O)COc2ccc(Cl)cc2)c1. The van der Waals surface area contributed by atoms with Gasteiger partial charge in [-0.15, -0.1) is 0 Å². The number of halogens is 2.